The number of hydrogen-bond donors (Lipinski definition) is 1. The lowest BCUT2D eigenvalue weighted by Gasteiger charge is -2.06. The Kier molecular flexibility index (Phi) is 2.75. The molecule has 0 aromatic carbocycles. The minimum atomic E-state index is 0.706. The number of nitrogens with one attached hydrogen (secondary N) is 1. The molecule has 4 aromatic heterocycles. The molecular weight excluding hydrogens is 276 g/mol. The van der Waals surface area contributed by atoms with Gasteiger partial charge in [-0.1, -0.05) is 6.07 Å². The predicted molar refractivity (Wildman–Crippen MR) is 84.1 cm³/mol. The van der Waals surface area contributed by atoms with Crippen molar-refractivity contribution in [3.63, 3.8) is 0 Å². The molecule has 6 nitrogen and oxygen atoms in total. The number of nitrogens with zero attached hydrogens (tertiary/aromatic N) is 5. The molecular formula is C16H14N6. The third-order valence-electron chi connectivity index (χ3n) is 3.68. The average Bonchev–Trinajstić information content (AvgIpc) is 3.14. The van der Waals surface area contributed by atoms with E-state index in [0.29, 0.717) is 5.65 Å². The van der Waals surface area contributed by atoms with E-state index in [4.69, 9.17) is 0 Å². The smallest absolute Gasteiger partial charge is 0.182 e. The molecule has 0 amide bonds. The van der Waals surface area contributed by atoms with E-state index in [9.17, 15) is 0 Å². The van der Waals surface area contributed by atoms with E-state index in [-0.39, 0.29) is 0 Å². The van der Waals surface area contributed by atoms with Gasteiger partial charge in [-0.15, -0.1) is 0 Å². The lowest BCUT2D eigenvalue weighted by molar-refractivity contribution is 0.768. The van der Waals surface area contributed by atoms with E-state index >= 15 is 0 Å². The van der Waals surface area contributed by atoms with Crippen molar-refractivity contribution in [2.24, 2.45) is 7.05 Å². The van der Waals surface area contributed by atoms with Crippen LogP contribution in [-0.2, 0) is 7.05 Å². The standard InChI is InChI=1S/C16H14N6/c1-10-15-13(11-4-3-5-17-7-11)6-14(19-16(15)21-20-10)12-8-18-22(2)9-12/h3-9H,1-2H3,(H,19,20,21). The SMILES string of the molecule is Cc1[nH]nc2nc(-c3cnn(C)c3)cc(-c3cccnc3)c12. The molecule has 6 heteroatoms. The number of aromatic amines is 1. The molecule has 0 fully saturated rings. The lowest BCUT2D eigenvalue weighted by atomic mass is 10.0. The van der Waals surface area contributed by atoms with Gasteiger partial charge in [0, 0.05) is 47.8 Å². The van der Waals surface area contributed by atoms with Gasteiger partial charge in [0.25, 0.3) is 0 Å². The molecule has 1 N–H and O–H groups in total. The van der Waals surface area contributed by atoms with Crippen LogP contribution in [0.4, 0.5) is 0 Å². The van der Waals surface area contributed by atoms with Crippen LogP contribution in [-0.4, -0.2) is 29.9 Å². The first kappa shape index (κ1) is 12.7. The highest BCUT2D eigenvalue weighted by Crippen LogP contribution is 2.32. The van der Waals surface area contributed by atoms with E-state index in [1.54, 1.807) is 17.1 Å². The molecule has 4 heterocycles. The highest BCUT2D eigenvalue weighted by molar-refractivity contribution is 5.96. The third kappa shape index (κ3) is 1.96. The number of hydrogen-bond acceptors (Lipinski definition) is 4. The Labute approximate surface area is 126 Å². The molecule has 108 valence electrons. The number of aryl methyl sites for hydroxylation is 2. The number of H-pyrrole nitrogens is 1. The van der Waals surface area contributed by atoms with Crippen molar-refractivity contribution in [1.29, 1.82) is 0 Å². The molecule has 0 radical (unpaired) electrons. The van der Waals surface area contributed by atoms with Crippen LogP contribution in [0.3, 0.4) is 0 Å². The maximum Gasteiger partial charge on any atom is 0.182 e. The molecule has 0 aliphatic heterocycles. The Morgan fingerprint density at radius 2 is 2.09 bits per heavy atom. The number of pyridine rings is 2. The zero-order valence-electron chi connectivity index (χ0n) is 12.3. The molecule has 0 saturated heterocycles. The highest BCUT2D eigenvalue weighted by Gasteiger charge is 2.14. The summed E-state index contributed by atoms with van der Waals surface area (Å²) in [6, 6.07) is 6.04. The van der Waals surface area contributed by atoms with Crippen LogP contribution >= 0.6 is 0 Å². The second-order valence-corrected chi connectivity index (χ2v) is 5.25. The zero-order chi connectivity index (χ0) is 15.1. The summed E-state index contributed by atoms with van der Waals surface area (Å²) in [5.41, 5.74) is 5.64. The average molecular weight is 290 g/mol. The Bertz CT molecular complexity index is 951. The molecule has 4 aromatic rings. The maximum atomic E-state index is 4.65. The quantitative estimate of drug-likeness (QED) is 0.616. The normalized spacial score (nSPS) is 11.2. The van der Waals surface area contributed by atoms with Crippen molar-refractivity contribution in [3.05, 3.63) is 48.7 Å². The van der Waals surface area contributed by atoms with Gasteiger partial charge in [-0.2, -0.15) is 10.2 Å². The second kappa shape index (κ2) is 4.77. The molecule has 0 bridgehead atoms. The van der Waals surface area contributed by atoms with Crippen LogP contribution in [0.25, 0.3) is 33.4 Å². The predicted octanol–water partition coefficient (Wildman–Crippen LogP) is 2.73. The minimum Gasteiger partial charge on any atom is -0.280 e. The van der Waals surface area contributed by atoms with Gasteiger partial charge < -0.3 is 0 Å². The molecule has 0 saturated carbocycles. The minimum absolute atomic E-state index is 0.706. The van der Waals surface area contributed by atoms with E-state index in [1.165, 1.54) is 0 Å². The largest absolute Gasteiger partial charge is 0.280 e. The summed E-state index contributed by atoms with van der Waals surface area (Å²) in [4.78, 5) is 8.87. The Morgan fingerprint density at radius 3 is 2.82 bits per heavy atom. The van der Waals surface area contributed by atoms with Crippen LogP contribution < -0.4 is 0 Å². The van der Waals surface area contributed by atoms with Crippen molar-refractivity contribution < 1.29 is 0 Å². The monoisotopic (exact) mass is 290 g/mol. The molecule has 4 rings (SSSR count). The van der Waals surface area contributed by atoms with Gasteiger partial charge >= 0.3 is 0 Å². The van der Waals surface area contributed by atoms with Crippen LogP contribution in [0.2, 0.25) is 0 Å². The van der Waals surface area contributed by atoms with E-state index < -0.39 is 0 Å². The molecule has 0 atom stereocenters. The third-order valence-corrected chi connectivity index (χ3v) is 3.68. The topological polar surface area (TPSA) is 72.3 Å². The first-order valence-corrected chi connectivity index (χ1v) is 6.97. The number of rotatable bonds is 2. The summed E-state index contributed by atoms with van der Waals surface area (Å²) in [7, 11) is 1.89. The Balaban J connectivity index is 2.02. The maximum absolute atomic E-state index is 4.65. The summed E-state index contributed by atoms with van der Waals surface area (Å²) in [6.07, 6.45) is 7.38. The molecule has 0 unspecified atom stereocenters. The van der Waals surface area contributed by atoms with Crippen molar-refractivity contribution in [1.82, 2.24) is 29.9 Å². The zero-order valence-corrected chi connectivity index (χ0v) is 12.3. The fraction of sp³-hybridized carbons (Fsp3) is 0.125. The fourth-order valence-electron chi connectivity index (χ4n) is 2.63. The van der Waals surface area contributed by atoms with Gasteiger partial charge in [0.05, 0.1) is 11.9 Å². The first-order chi connectivity index (χ1) is 10.7. The van der Waals surface area contributed by atoms with Gasteiger partial charge in [-0.05, 0) is 24.6 Å². The van der Waals surface area contributed by atoms with Crippen molar-refractivity contribution in [2.45, 2.75) is 6.92 Å². The number of fused-ring (bicyclic) bond motifs is 1. The summed E-state index contributed by atoms with van der Waals surface area (Å²) >= 11 is 0. The van der Waals surface area contributed by atoms with Crippen molar-refractivity contribution in [2.75, 3.05) is 0 Å². The van der Waals surface area contributed by atoms with Crippen molar-refractivity contribution in [3.8, 4) is 22.4 Å². The molecule has 0 aliphatic carbocycles. The van der Waals surface area contributed by atoms with E-state index in [1.807, 2.05) is 38.5 Å². The fourth-order valence-corrected chi connectivity index (χ4v) is 2.63. The van der Waals surface area contributed by atoms with Crippen LogP contribution in [0, 0.1) is 6.92 Å². The summed E-state index contributed by atoms with van der Waals surface area (Å²) < 4.78 is 1.76. The molecule has 0 spiro atoms. The summed E-state index contributed by atoms with van der Waals surface area (Å²) in [5, 5.41) is 12.6. The van der Waals surface area contributed by atoms with Crippen LogP contribution in [0.1, 0.15) is 5.69 Å². The first-order valence-electron chi connectivity index (χ1n) is 6.97. The molecule has 0 aliphatic rings. The van der Waals surface area contributed by atoms with Gasteiger partial charge in [0.1, 0.15) is 0 Å². The second-order valence-electron chi connectivity index (χ2n) is 5.25. The Morgan fingerprint density at radius 1 is 1.18 bits per heavy atom. The van der Waals surface area contributed by atoms with Crippen molar-refractivity contribution >= 4 is 11.0 Å². The van der Waals surface area contributed by atoms with Gasteiger partial charge in [0.2, 0.25) is 0 Å². The van der Waals surface area contributed by atoms with Crippen LogP contribution in [0.5, 0.6) is 0 Å². The van der Waals surface area contributed by atoms with Crippen LogP contribution in [0.15, 0.2) is 43.0 Å². The summed E-state index contributed by atoms with van der Waals surface area (Å²) in [6.45, 7) is 2.00. The summed E-state index contributed by atoms with van der Waals surface area (Å²) in [5.74, 6) is 0. The lowest BCUT2D eigenvalue weighted by Crippen LogP contribution is -1.89. The molecule has 22 heavy (non-hydrogen) atoms. The highest BCUT2D eigenvalue weighted by atomic mass is 15.2. The van der Waals surface area contributed by atoms with Gasteiger partial charge in [-0.3, -0.25) is 14.8 Å². The number of aromatic nitrogens is 6. The Hall–Kier alpha value is -3.02. The van der Waals surface area contributed by atoms with Gasteiger partial charge in [0.15, 0.2) is 5.65 Å². The van der Waals surface area contributed by atoms with E-state index in [0.717, 1.165) is 33.5 Å². The van der Waals surface area contributed by atoms with Gasteiger partial charge in [-0.25, -0.2) is 4.98 Å². The van der Waals surface area contributed by atoms with E-state index in [2.05, 4.69) is 31.3 Å².